The summed E-state index contributed by atoms with van der Waals surface area (Å²) in [6.45, 7) is 3.81. The lowest BCUT2D eigenvalue weighted by Crippen LogP contribution is -2.56. The van der Waals surface area contributed by atoms with Crippen molar-refractivity contribution in [3.8, 4) is 0 Å². The van der Waals surface area contributed by atoms with Gasteiger partial charge in [-0.3, -0.25) is 9.69 Å². The van der Waals surface area contributed by atoms with Crippen LogP contribution in [-0.4, -0.2) is 66.0 Å². The summed E-state index contributed by atoms with van der Waals surface area (Å²) in [5.74, 6) is 1.12. The average Bonchev–Trinajstić information content (AvgIpc) is 3.08. The quantitative estimate of drug-likeness (QED) is 0.469. The monoisotopic (exact) mass is 450 g/mol. The Labute approximate surface area is 194 Å². The molecule has 1 aromatic carbocycles. The zero-order valence-electron chi connectivity index (χ0n) is 19.0. The number of likely N-dealkylation sites (tertiary alicyclic amines) is 1. The van der Waals surface area contributed by atoms with E-state index in [1.54, 1.807) is 0 Å². The third-order valence-corrected chi connectivity index (χ3v) is 6.99. The van der Waals surface area contributed by atoms with Crippen LogP contribution in [0, 0.1) is 5.92 Å². The average molecular weight is 451 g/mol. The number of aliphatic hydroxyl groups excluding tert-OH is 1. The second kappa shape index (κ2) is 10.1. The highest BCUT2D eigenvalue weighted by Crippen LogP contribution is 2.26. The van der Waals surface area contributed by atoms with Gasteiger partial charge in [-0.2, -0.15) is 0 Å². The van der Waals surface area contributed by atoms with Crippen LogP contribution in [0.5, 0.6) is 0 Å². The van der Waals surface area contributed by atoms with Gasteiger partial charge in [-0.1, -0.05) is 24.3 Å². The lowest BCUT2D eigenvalue weighted by Gasteiger charge is -2.31. The fourth-order valence-corrected chi connectivity index (χ4v) is 5.09. The molecule has 2 fully saturated rings. The predicted molar refractivity (Wildman–Crippen MR) is 129 cm³/mol. The van der Waals surface area contributed by atoms with Gasteiger partial charge in [0, 0.05) is 36.7 Å². The minimum Gasteiger partial charge on any atom is -0.396 e. The summed E-state index contributed by atoms with van der Waals surface area (Å²) < 4.78 is 0. The Hall–Kier alpha value is -2.68. The second-order valence-electron chi connectivity index (χ2n) is 9.39. The highest BCUT2D eigenvalue weighted by Gasteiger charge is 2.33. The SMILES string of the molecule is O=C1CC(c2ccc3ccccc3n2)=C(NC2CCCNCC2)NC(N2CCC(CO)C2)N1. The van der Waals surface area contributed by atoms with Gasteiger partial charge in [0.05, 0.1) is 17.6 Å². The maximum atomic E-state index is 13.0. The number of carbonyl (C=O) groups excluding carboxylic acids is 1. The fraction of sp³-hybridized carbons (Fsp3) is 0.520. The summed E-state index contributed by atoms with van der Waals surface area (Å²) in [5.41, 5.74) is 2.64. The van der Waals surface area contributed by atoms with E-state index in [1.807, 2.05) is 24.3 Å². The molecule has 3 aliphatic heterocycles. The van der Waals surface area contributed by atoms with Crippen molar-refractivity contribution >= 4 is 22.4 Å². The van der Waals surface area contributed by atoms with Gasteiger partial charge in [-0.15, -0.1) is 0 Å². The number of hydrogen-bond acceptors (Lipinski definition) is 7. The van der Waals surface area contributed by atoms with Gasteiger partial charge < -0.3 is 26.4 Å². The third-order valence-electron chi connectivity index (χ3n) is 6.99. The van der Waals surface area contributed by atoms with E-state index in [-0.39, 0.29) is 31.1 Å². The van der Waals surface area contributed by atoms with Gasteiger partial charge in [-0.25, -0.2) is 4.98 Å². The zero-order valence-corrected chi connectivity index (χ0v) is 19.0. The first-order valence-corrected chi connectivity index (χ1v) is 12.2. The number of nitrogens with one attached hydrogen (secondary N) is 4. The molecule has 3 unspecified atom stereocenters. The molecular weight excluding hydrogens is 416 g/mol. The molecule has 1 amide bonds. The highest BCUT2D eigenvalue weighted by atomic mass is 16.3. The Balaban J connectivity index is 1.50. The number of aliphatic hydroxyl groups is 1. The van der Waals surface area contributed by atoms with Crippen LogP contribution in [0.2, 0.25) is 0 Å². The number of fused-ring (bicyclic) bond motifs is 1. The number of rotatable bonds is 5. The van der Waals surface area contributed by atoms with Gasteiger partial charge in [0.1, 0.15) is 5.82 Å². The summed E-state index contributed by atoms with van der Waals surface area (Å²) in [5, 5.41) is 24.7. The molecule has 2 aromatic rings. The van der Waals surface area contributed by atoms with Gasteiger partial charge in [0.25, 0.3) is 0 Å². The lowest BCUT2D eigenvalue weighted by atomic mass is 10.0. The van der Waals surface area contributed by atoms with Crippen molar-refractivity contribution in [3.63, 3.8) is 0 Å². The van der Waals surface area contributed by atoms with E-state index in [2.05, 4.69) is 38.3 Å². The Bertz CT molecular complexity index is 1020. The summed E-state index contributed by atoms with van der Waals surface area (Å²) in [7, 11) is 0. The number of carbonyl (C=O) groups is 1. The van der Waals surface area contributed by atoms with E-state index in [9.17, 15) is 9.90 Å². The largest absolute Gasteiger partial charge is 0.396 e. The maximum absolute atomic E-state index is 13.0. The topological polar surface area (TPSA) is 102 Å². The number of para-hydroxylation sites is 1. The standard InChI is InChI=1S/C25H34N6O2/c32-16-17-10-13-31(15-17)25-29-23(33)14-20(22-8-7-18-4-1-2-6-21(18)28-22)24(30-25)27-19-5-3-11-26-12-9-19/h1-2,4,6-8,17,19,25-27,30,32H,3,5,9-16H2,(H,29,33). The van der Waals surface area contributed by atoms with E-state index in [1.165, 1.54) is 0 Å². The Morgan fingerprint density at radius 3 is 2.88 bits per heavy atom. The fourth-order valence-electron chi connectivity index (χ4n) is 5.09. The van der Waals surface area contributed by atoms with Crippen LogP contribution in [0.3, 0.4) is 0 Å². The lowest BCUT2D eigenvalue weighted by molar-refractivity contribution is -0.122. The number of pyridine rings is 1. The van der Waals surface area contributed by atoms with E-state index < -0.39 is 0 Å². The van der Waals surface area contributed by atoms with Crippen molar-refractivity contribution in [3.05, 3.63) is 47.9 Å². The minimum absolute atomic E-state index is 0.0239. The van der Waals surface area contributed by atoms with Crippen molar-refractivity contribution in [1.29, 1.82) is 0 Å². The molecule has 176 valence electrons. The van der Waals surface area contributed by atoms with E-state index in [0.717, 1.165) is 79.9 Å². The molecule has 33 heavy (non-hydrogen) atoms. The summed E-state index contributed by atoms with van der Waals surface area (Å²) >= 11 is 0. The van der Waals surface area contributed by atoms with E-state index >= 15 is 0 Å². The summed E-state index contributed by atoms with van der Waals surface area (Å²) in [4.78, 5) is 20.1. The van der Waals surface area contributed by atoms with Crippen LogP contribution in [0.4, 0.5) is 0 Å². The number of benzene rings is 1. The molecule has 5 N–H and O–H groups in total. The second-order valence-corrected chi connectivity index (χ2v) is 9.39. The van der Waals surface area contributed by atoms with Gasteiger partial charge in [-0.05, 0) is 56.8 Å². The van der Waals surface area contributed by atoms with Crippen molar-refractivity contribution in [1.82, 2.24) is 31.2 Å². The molecule has 1 aromatic heterocycles. The van der Waals surface area contributed by atoms with E-state index in [4.69, 9.17) is 4.98 Å². The highest BCUT2D eigenvalue weighted by molar-refractivity contribution is 5.91. The Kier molecular flexibility index (Phi) is 6.75. The van der Waals surface area contributed by atoms with Crippen LogP contribution in [0.1, 0.15) is 37.8 Å². The van der Waals surface area contributed by atoms with E-state index in [0.29, 0.717) is 6.04 Å². The first-order chi connectivity index (χ1) is 16.2. The van der Waals surface area contributed by atoms with Crippen LogP contribution in [0.25, 0.3) is 16.5 Å². The molecule has 4 heterocycles. The Morgan fingerprint density at radius 1 is 1.09 bits per heavy atom. The normalized spacial score (nSPS) is 27.1. The van der Waals surface area contributed by atoms with Gasteiger partial charge in [0.15, 0.2) is 6.29 Å². The molecule has 0 radical (unpaired) electrons. The van der Waals surface area contributed by atoms with Gasteiger partial charge >= 0.3 is 0 Å². The van der Waals surface area contributed by atoms with Crippen molar-refractivity contribution in [2.24, 2.45) is 5.92 Å². The number of amides is 1. The molecule has 8 heteroatoms. The zero-order chi connectivity index (χ0) is 22.6. The van der Waals surface area contributed by atoms with Crippen LogP contribution < -0.4 is 21.3 Å². The van der Waals surface area contributed by atoms with Crippen LogP contribution >= 0.6 is 0 Å². The Morgan fingerprint density at radius 2 is 2.00 bits per heavy atom. The van der Waals surface area contributed by atoms with Crippen LogP contribution in [-0.2, 0) is 4.79 Å². The van der Waals surface area contributed by atoms with Crippen molar-refractivity contribution in [2.45, 2.75) is 44.4 Å². The minimum atomic E-state index is -0.307. The number of hydrogen-bond donors (Lipinski definition) is 5. The predicted octanol–water partition coefficient (Wildman–Crippen LogP) is 1.34. The third kappa shape index (κ3) is 5.13. The van der Waals surface area contributed by atoms with Gasteiger partial charge in [0.2, 0.25) is 5.91 Å². The van der Waals surface area contributed by atoms with Crippen molar-refractivity contribution in [2.75, 3.05) is 32.8 Å². The molecule has 0 aliphatic carbocycles. The maximum Gasteiger partial charge on any atom is 0.227 e. The molecule has 3 aliphatic rings. The molecule has 8 nitrogen and oxygen atoms in total. The molecule has 0 spiro atoms. The van der Waals surface area contributed by atoms with Crippen molar-refractivity contribution < 1.29 is 9.90 Å². The molecule has 0 bridgehead atoms. The summed E-state index contributed by atoms with van der Waals surface area (Å²) in [6.07, 6.45) is 4.13. The van der Waals surface area contributed by atoms with Crippen LogP contribution in [0.15, 0.2) is 42.2 Å². The number of aromatic nitrogens is 1. The molecule has 2 saturated heterocycles. The first kappa shape index (κ1) is 22.1. The molecule has 5 rings (SSSR count). The summed E-state index contributed by atoms with van der Waals surface area (Å²) in [6, 6.07) is 12.5. The molecular formula is C25H34N6O2. The first-order valence-electron chi connectivity index (χ1n) is 12.2. The molecule has 3 atom stereocenters. The molecule has 0 saturated carbocycles. The smallest absolute Gasteiger partial charge is 0.227 e. The number of nitrogens with zero attached hydrogens (tertiary/aromatic N) is 2.